The van der Waals surface area contributed by atoms with E-state index in [2.05, 4.69) is 61.9 Å². The molecule has 2 atom stereocenters. The van der Waals surface area contributed by atoms with Crippen molar-refractivity contribution in [2.75, 3.05) is 18.9 Å². The molecule has 232 valence electrons. The molecular formula is C32H52N8O2. The fraction of sp³-hybridized carbons (Fsp3) is 0.531. The fourth-order valence-electron chi connectivity index (χ4n) is 4.42. The van der Waals surface area contributed by atoms with Gasteiger partial charge in [0.25, 0.3) is 5.56 Å². The molecular weight excluding hydrogens is 528 g/mol. The quantitative estimate of drug-likeness (QED) is 0.155. The lowest BCUT2D eigenvalue weighted by atomic mass is 9.73. The lowest BCUT2D eigenvalue weighted by molar-refractivity contribution is -0.121. The van der Waals surface area contributed by atoms with Gasteiger partial charge in [-0.15, -0.1) is 0 Å². The molecule has 0 radical (unpaired) electrons. The molecule has 1 aromatic heterocycles. The van der Waals surface area contributed by atoms with Crippen molar-refractivity contribution < 1.29 is 4.79 Å². The summed E-state index contributed by atoms with van der Waals surface area (Å²) in [5.41, 5.74) is 2.03. The van der Waals surface area contributed by atoms with E-state index in [1.54, 1.807) is 19.2 Å². The van der Waals surface area contributed by atoms with Crippen molar-refractivity contribution in [3.63, 3.8) is 0 Å². The molecule has 0 saturated heterocycles. The van der Waals surface area contributed by atoms with Gasteiger partial charge in [-0.3, -0.25) is 14.6 Å². The van der Waals surface area contributed by atoms with E-state index >= 15 is 0 Å². The molecule has 10 nitrogen and oxygen atoms in total. The van der Waals surface area contributed by atoms with Crippen LogP contribution < -0.4 is 16.2 Å². The maximum Gasteiger partial charge on any atom is 0.278 e. The number of nitrogens with zero attached hydrogens (tertiary/aromatic N) is 3. The van der Waals surface area contributed by atoms with Crippen LogP contribution >= 0.6 is 0 Å². The first kappa shape index (κ1) is 38.0. The highest BCUT2D eigenvalue weighted by Crippen LogP contribution is 2.37. The molecule has 0 spiro atoms. The number of rotatable bonds is 12. The number of nitrogens with one attached hydrogen (secondary N) is 5. The third-order valence-electron chi connectivity index (χ3n) is 6.49. The molecule has 1 fully saturated rings. The Morgan fingerprint density at radius 1 is 1.26 bits per heavy atom. The number of carbonyl (C=O) groups excluding carboxylic acids is 1. The second-order valence-electron chi connectivity index (χ2n) is 11.1. The van der Waals surface area contributed by atoms with Gasteiger partial charge < -0.3 is 26.9 Å². The van der Waals surface area contributed by atoms with Gasteiger partial charge in [-0.2, -0.15) is 5.10 Å². The Hall–Kier alpha value is -3.95. The molecule has 1 saturated carbocycles. The van der Waals surface area contributed by atoms with Crippen molar-refractivity contribution in [3.05, 3.63) is 58.1 Å². The Morgan fingerprint density at radius 2 is 1.90 bits per heavy atom. The molecule has 1 heterocycles. The summed E-state index contributed by atoms with van der Waals surface area (Å²) in [5.74, 6) is 0.521. The molecule has 0 aliphatic heterocycles. The van der Waals surface area contributed by atoms with Gasteiger partial charge in [0.1, 0.15) is 6.54 Å². The first-order valence-corrected chi connectivity index (χ1v) is 14.5. The van der Waals surface area contributed by atoms with Crippen LogP contribution in [0.2, 0.25) is 0 Å². The first-order chi connectivity index (χ1) is 19.9. The van der Waals surface area contributed by atoms with E-state index in [0.29, 0.717) is 16.7 Å². The zero-order valence-electron chi connectivity index (χ0n) is 26.6. The molecule has 10 heteroatoms. The molecule has 0 bridgehead atoms. The van der Waals surface area contributed by atoms with Gasteiger partial charge in [-0.05, 0) is 54.4 Å². The highest BCUT2D eigenvalue weighted by Gasteiger charge is 2.24. The van der Waals surface area contributed by atoms with Gasteiger partial charge in [-0.1, -0.05) is 66.5 Å². The number of aromatic nitrogens is 2. The Balaban J connectivity index is 0.00000116. The van der Waals surface area contributed by atoms with Crippen LogP contribution in [0, 0.1) is 27.6 Å². The summed E-state index contributed by atoms with van der Waals surface area (Å²) in [4.78, 5) is 29.3. The lowest BCUT2D eigenvalue weighted by Crippen LogP contribution is -2.36. The van der Waals surface area contributed by atoms with E-state index < -0.39 is 11.5 Å². The summed E-state index contributed by atoms with van der Waals surface area (Å²) < 4.78 is 1.02. The monoisotopic (exact) mass is 580 g/mol. The largest absolute Gasteiger partial charge is 0.386 e. The summed E-state index contributed by atoms with van der Waals surface area (Å²) in [6.07, 6.45) is 17.6. The van der Waals surface area contributed by atoms with Crippen LogP contribution in [0.5, 0.6) is 0 Å². The number of aliphatic imine (C=N–C) groups is 1. The number of hydrogen-bond acceptors (Lipinski definition) is 8. The minimum Gasteiger partial charge on any atom is -0.386 e. The number of allylic oxidation sites excluding steroid dienone is 2. The molecule has 2 rings (SSSR count). The van der Waals surface area contributed by atoms with Crippen LogP contribution in [0.1, 0.15) is 79.2 Å². The molecule has 5 N–H and O–H groups in total. The molecule has 1 aromatic rings. The van der Waals surface area contributed by atoms with Gasteiger partial charge in [0.15, 0.2) is 0 Å². The van der Waals surface area contributed by atoms with Crippen molar-refractivity contribution in [2.45, 2.75) is 86.2 Å². The number of amides is 1. The zero-order valence-corrected chi connectivity index (χ0v) is 26.6. The van der Waals surface area contributed by atoms with E-state index in [-0.39, 0.29) is 24.7 Å². The summed E-state index contributed by atoms with van der Waals surface area (Å²) in [5, 5.41) is 30.9. The second kappa shape index (κ2) is 20.9. The highest BCUT2D eigenvalue weighted by atomic mass is 16.2. The summed E-state index contributed by atoms with van der Waals surface area (Å²) in [7, 11) is 1.65. The predicted molar refractivity (Wildman–Crippen MR) is 178 cm³/mol. The van der Waals surface area contributed by atoms with E-state index in [0.717, 1.165) is 34.8 Å². The van der Waals surface area contributed by atoms with Crippen LogP contribution in [-0.4, -0.2) is 60.2 Å². The van der Waals surface area contributed by atoms with E-state index in [9.17, 15) is 9.59 Å². The molecule has 1 amide bonds. The van der Waals surface area contributed by atoms with Crippen molar-refractivity contribution in [3.8, 4) is 0 Å². The fourth-order valence-corrected chi connectivity index (χ4v) is 4.42. The van der Waals surface area contributed by atoms with Crippen molar-refractivity contribution in [1.29, 1.82) is 16.2 Å². The second-order valence-corrected chi connectivity index (χ2v) is 11.1. The van der Waals surface area contributed by atoms with E-state index in [1.807, 2.05) is 6.92 Å². The van der Waals surface area contributed by atoms with Gasteiger partial charge in [-0.25, -0.2) is 4.68 Å². The maximum absolute atomic E-state index is 12.8. The Morgan fingerprint density at radius 3 is 2.38 bits per heavy atom. The average Bonchev–Trinajstić information content (AvgIpc) is 2.94. The van der Waals surface area contributed by atoms with Gasteiger partial charge in [0.2, 0.25) is 5.91 Å². The SMILES string of the molecule is C=C/C(=C\C=N)[C@@H](C)N=Cc1c(NC)cnn(CC(=O)NC/C(C=N)=C/C=N)c1=O.CCC.C[C@H]1CCCC(C)(C)C1. The van der Waals surface area contributed by atoms with E-state index in [4.69, 9.17) is 16.2 Å². The summed E-state index contributed by atoms with van der Waals surface area (Å²) >= 11 is 0. The molecule has 1 aliphatic carbocycles. The van der Waals surface area contributed by atoms with Crippen LogP contribution in [-0.2, 0) is 11.3 Å². The van der Waals surface area contributed by atoms with Crippen LogP contribution in [0.15, 0.2) is 51.9 Å². The van der Waals surface area contributed by atoms with Crippen LogP contribution in [0.3, 0.4) is 0 Å². The number of hydrogen-bond donors (Lipinski definition) is 5. The van der Waals surface area contributed by atoms with Crippen LogP contribution in [0.25, 0.3) is 0 Å². The summed E-state index contributed by atoms with van der Waals surface area (Å²) in [6.45, 7) is 16.7. The first-order valence-electron chi connectivity index (χ1n) is 14.5. The standard InChI is InChI=1S/C20H26N8O2.C9H18.C3H8/c1-4-16(6-8-22)14(2)25-11-17-18(24-3)12-27-28(20(17)30)13-19(29)26-10-15(9-23)5-7-21;1-8-5-4-6-9(2,3)7-8;1-3-2/h4-9,11-12,14,21-24H,1,10,13H2,2-3H3,(H,26,29);8H,4-7H2,1-3H3;3H2,1-2H3/b15-5+,16-6+,21-7?,22-8?,23-9?,25-11?;;/t14-;8-;/m10./s1. The average molecular weight is 581 g/mol. The van der Waals surface area contributed by atoms with Gasteiger partial charge in [0.05, 0.1) is 23.5 Å². The third kappa shape index (κ3) is 14.6. The summed E-state index contributed by atoms with van der Waals surface area (Å²) in [6, 6.07) is -0.321. The smallest absolute Gasteiger partial charge is 0.278 e. The number of carbonyl (C=O) groups is 1. The molecule has 0 unspecified atom stereocenters. The minimum atomic E-state index is -0.494. The van der Waals surface area contributed by atoms with Crippen molar-refractivity contribution >= 4 is 36.5 Å². The predicted octanol–water partition coefficient (Wildman–Crippen LogP) is 5.84. The highest BCUT2D eigenvalue weighted by molar-refractivity contribution is 5.88. The lowest BCUT2D eigenvalue weighted by Gasteiger charge is -2.33. The topological polar surface area (TPSA) is 160 Å². The van der Waals surface area contributed by atoms with Gasteiger partial charge in [0, 0.05) is 38.5 Å². The van der Waals surface area contributed by atoms with Crippen LogP contribution in [0.4, 0.5) is 5.69 Å². The van der Waals surface area contributed by atoms with Gasteiger partial charge >= 0.3 is 0 Å². The Labute approximate surface area is 252 Å². The zero-order chi connectivity index (χ0) is 32.1. The number of anilines is 1. The minimum absolute atomic E-state index is 0.0660. The normalized spacial score (nSPS) is 17.0. The van der Waals surface area contributed by atoms with Crippen molar-refractivity contribution in [1.82, 2.24) is 15.1 Å². The molecule has 0 aromatic carbocycles. The molecule has 42 heavy (non-hydrogen) atoms. The van der Waals surface area contributed by atoms with E-state index in [1.165, 1.54) is 50.6 Å². The van der Waals surface area contributed by atoms with Crippen molar-refractivity contribution in [2.24, 2.45) is 16.3 Å². The Bertz CT molecular complexity index is 1180. The molecule has 1 aliphatic rings. The third-order valence-corrected chi connectivity index (χ3v) is 6.49. The maximum atomic E-state index is 12.8. The Kier molecular flexibility index (Phi) is 18.9.